The number of nitrogens with two attached hydrogens (primary N) is 1. The SMILES string of the molecule is Nc1ncc(-c2ccc3nc(NC(=O)c4ccccc4C(=O)O)cn3c2)cc1C(F)(F)F. The van der Waals surface area contributed by atoms with E-state index in [1.807, 2.05) is 0 Å². The summed E-state index contributed by atoms with van der Waals surface area (Å²) < 4.78 is 40.9. The number of carbonyl (C=O) groups is 2. The fourth-order valence-electron chi connectivity index (χ4n) is 3.13. The molecule has 0 saturated heterocycles. The van der Waals surface area contributed by atoms with Crippen molar-refractivity contribution in [3.8, 4) is 11.1 Å². The molecular weight excluding hydrogens is 427 g/mol. The van der Waals surface area contributed by atoms with E-state index in [9.17, 15) is 27.9 Å². The average Bonchev–Trinajstić information content (AvgIpc) is 3.14. The fourth-order valence-corrected chi connectivity index (χ4v) is 3.13. The van der Waals surface area contributed by atoms with Gasteiger partial charge in [0.2, 0.25) is 0 Å². The highest BCUT2D eigenvalue weighted by atomic mass is 19.4. The Morgan fingerprint density at radius 3 is 2.44 bits per heavy atom. The van der Waals surface area contributed by atoms with Gasteiger partial charge in [0, 0.05) is 23.5 Å². The van der Waals surface area contributed by atoms with Crippen molar-refractivity contribution in [2.75, 3.05) is 11.1 Å². The highest BCUT2D eigenvalue weighted by Crippen LogP contribution is 2.35. The molecule has 162 valence electrons. The zero-order valence-corrected chi connectivity index (χ0v) is 16.1. The molecule has 0 saturated carbocycles. The summed E-state index contributed by atoms with van der Waals surface area (Å²) in [5.74, 6) is -2.38. The maximum Gasteiger partial charge on any atom is 0.419 e. The lowest BCUT2D eigenvalue weighted by Crippen LogP contribution is -2.16. The Labute approximate surface area is 178 Å². The lowest BCUT2D eigenvalue weighted by Gasteiger charge is -2.11. The van der Waals surface area contributed by atoms with E-state index >= 15 is 0 Å². The minimum Gasteiger partial charge on any atom is -0.478 e. The van der Waals surface area contributed by atoms with E-state index in [1.54, 1.807) is 12.1 Å². The lowest BCUT2D eigenvalue weighted by atomic mass is 10.1. The number of nitrogen functional groups attached to an aromatic ring is 1. The van der Waals surface area contributed by atoms with Gasteiger partial charge in [0.05, 0.1) is 22.9 Å². The Morgan fingerprint density at radius 1 is 1.03 bits per heavy atom. The zero-order chi connectivity index (χ0) is 23.0. The van der Waals surface area contributed by atoms with Gasteiger partial charge < -0.3 is 20.6 Å². The van der Waals surface area contributed by atoms with Crippen molar-refractivity contribution >= 4 is 29.2 Å². The van der Waals surface area contributed by atoms with Crippen LogP contribution in [0.5, 0.6) is 0 Å². The van der Waals surface area contributed by atoms with E-state index < -0.39 is 29.4 Å². The molecule has 0 unspecified atom stereocenters. The van der Waals surface area contributed by atoms with Crippen LogP contribution in [0, 0.1) is 0 Å². The third-order valence-corrected chi connectivity index (χ3v) is 4.65. The van der Waals surface area contributed by atoms with Crippen molar-refractivity contribution in [1.82, 2.24) is 14.4 Å². The number of halogens is 3. The van der Waals surface area contributed by atoms with Crippen molar-refractivity contribution in [3.63, 3.8) is 0 Å². The molecule has 3 heterocycles. The second-order valence-corrected chi connectivity index (χ2v) is 6.77. The number of alkyl halides is 3. The number of pyridine rings is 2. The Kier molecular flexibility index (Phi) is 5.01. The lowest BCUT2D eigenvalue weighted by molar-refractivity contribution is -0.137. The van der Waals surface area contributed by atoms with Crippen LogP contribution in [-0.4, -0.2) is 31.4 Å². The van der Waals surface area contributed by atoms with Crippen molar-refractivity contribution in [2.45, 2.75) is 6.18 Å². The summed E-state index contributed by atoms with van der Waals surface area (Å²) in [7, 11) is 0. The largest absolute Gasteiger partial charge is 0.478 e. The highest BCUT2D eigenvalue weighted by Gasteiger charge is 2.34. The maximum atomic E-state index is 13.1. The molecule has 1 aromatic carbocycles. The van der Waals surface area contributed by atoms with E-state index in [0.29, 0.717) is 11.2 Å². The quantitative estimate of drug-likeness (QED) is 0.441. The van der Waals surface area contributed by atoms with Crippen LogP contribution in [0.1, 0.15) is 26.3 Å². The number of carboxylic acids is 1. The first-order valence-corrected chi connectivity index (χ1v) is 9.09. The van der Waals surface area contributed by atoms with Crippen molar-refractivity contribution in [1.29, 1.82) is 0 Å². The number of hydrogen-bond donors (Lipinski definition) is 3. The number of carbonyl (C=O) groups excluding carboxylic acids is 1. The summed E-state index contributed by atoms with van der Waals surface area (Å²) >= 11 is 0. The van der Waals surface area contributed by atoms with Gasteiger partial charge in [-0.15, -0.1) is 0 Å². The molecule has 0 radical (unpaired) electrons. The van der Waals surface area contributed by atoms with Gasteiger partial charge >= 0.3 is 12.1 Å². The number of nitrogens with one attached hydrogen (secondary N) is 1. The van der Waals surface area contributed by atoms with Gasteiger partial charge in [0.15, 0.2) is 5.82 Å². The molecule has 0 aliphatic carbocycles. The van der Waals surface area contributed by atoms with E-state index in [-0.39, 0.29) is 22.5 Å². The minimum atomic E-state index is -4.64. The highest BCUT2D eigenvalue weighted by molar-refractivity contribution is 6.10. The fraction of sp³-hybridized carbons (Fsp3) is 0.0476. The van der Waals surface area contributed by atoms with E-state index in [1.165, 1.54) is 47.3 Å². The van der Waals surface area contributed by atoms with Gasteiger partial charge in [-0.1, -0.05) is 12.1 Å². The molecule has 0 spiro atoms. The minimum absolute atomic E-state index is 0.0367. The Hall–Kier alpha value is -4.41. The molecule has 0 fully saturated rings. The third-order valence-electron chi connectivity index (χ3n) is 4.65. The topological polar surface area (TPSA) is 123 Å². The van der Waals surface area contributed by atoms with Crippen LogP contribution in [-0.2, 0) is 6.18 Å². The van der Waals surface area contributed by atoms with E-state index in [0.717, 1.165) is 6.07 Å². The number of imidazole rings is 1. The number of hydrogen-bond acceptors (Lipinski definition) is 5. The predicted octanol–water partition coefficient (Wildman–Crippen LogP) is 3.95. The molecule has 4 rings (SSSR count). The number of nitrogens with zero attached hydrogens (tertiary/aromatic N) is 3. The summed E-state index contributed by atoms with van der Waals surface area (Å²) in [4.78, 5) is 31.7. The first kappa shape index (κ1) is 20.8. The third kappa shape index (κ3) is 3.95. The van der Waals surface area contributed by atoms with Crippen LogP contribution in [0.4, 0.5) is 24.8 Å². The number of fused-ring (bicyclic) bond motifs is 1. The zero-order valence-electron chi connectivity index (χ0n) is 16.1. The van der Waals surface area contributed by atoms with Gasteiger partial charge in [-0.3, -0.25) is 4.79 Å². The molecular formula is C21H14F3N5O3. The maximum absolute atomic E-state index is 13.1. The van der Waals surface area contributed by atoms with Crippen LogP contribution in [0.25, 0.3) is 16.8 Å². The van der Waals surface area contributed by atoms with Gasteiger partial charge in [-0.25, -0.2) is 14.8 Å². The Bertz CT molecular complexity index is 1360. The first-order chi connectivity index (χ1) is 15.1. The molecule has 1 amide bonds. The normalized spacial score (nSPS) is 11.5. The van der Waals surface area contributed by atoms with Crippen molar-refractivity contribution in [2.24, 2.45) is 0 Å². The van der Waals surface area contributed by atoms with Crippen molar-refractivity contribution < 1.29 is 27.9 Å². The van der Waals surface area contributed by atoms with Gasteiger partial charge in [-0.05, 0) is 30.3 Å². The van der Waals surface area contributed by atoms with Crippen molar-refractivity contribution in [3.05, 3.63) is 77.7 Å². The molecule has 8 nitrogen and oxygen atoms in total. The van der Waals surface area contributed by atoms with E-state index in [2.05, 4.69) is 15.3 Å². The molecule has 32 heavy (non-hydrogen) atoms. The van der Waals surface area contributed by atoms with Crippen LogP contribution < -0.4 is 11.1 Å². The smallest absolute Gasteiger partial charge is 0.419 e. The van der Waals surface area contributed by atoms with Gasteiger partial charge in [-0.2, -0.15) is 13.2 Å². The Morgan fingerprint density at radius 2 is 1.75 bits per heavy atom. The van der Waals surface area contributed by atoms with Crippen LogP contribution in [0.2, 0.25) is 0 Å². The summed E-state index contributed by atoms with van der Waals surface area (Å²) in [6.07, 6.45) is -0.434. The molecule has 11 heteroatoms. The van der Waals surface area contributed by atoms with Gasteiger partial charge in [0.25, 0.3) is 5.91 Å². The Balaban J connectivity index is 1.65. The second kappa shape index (κ2) is 7.69. The average molecular weight is 441 g/mol. The summed E-state index contributed by atoms with van der Waals surface area (Å²) in [6.45, 7) is 0. The monoisotopic (exact) mass is 441 g/mol. The molecule has 3 aromatic heterocycles. The number of benzene rings is 1. The number of aromatic nitrogens is 3. The molecule has 0 atom stereocenters. The molecule has 4 N–H and O–H groups in total. The summed E-state index contributed by atoms with van der Waals surface area (Å²) in [5.41, 5.74) is 5.14. The number of aromatic carboxylic acids is 1. The van der Waals surface area contributed by atoms with Crippen LogP contribution in [0.3, 0.4) is 0 Å². The second-order valence-electron chi connectivity index (χ2n) is 6.77. The molecule has 4 aromatic rings. The number of carboxylic acid groups (broad SMARTS) is 1. The predicted molar refractivity (Wildman–Crippen MR) is 109 cm³/mol. The molecule has 0 bridgehead atoms. The first-order valence-electron chi connectivity index (χ1n) is 9.09. The number of rotatable bonds is 4. The number of amides is 1. The summed E-state index contributed by atoms with van der Waals surface area (Å²) in [6, 6.07) is 9.74. The van der Waals surface area contributed by atoms with Gasteiger partial charge in [0.1, 0.15) is 11.5 Å². The molecule has 0 aliphatic rings. The van der Waals surface area contributed by atoms with Crippen LogP contribution in [0.15, 0.2) is 61.1 Å². The standard InChI is InChI=1S/C21H14F3N5O3/c22-21(23,24)15-7-12(8-26-18(15)25)11-5-6-17-27-16(10-29(17)9-11)28-19(30)13-3-1-2-4-14(13)20(31)32/h1-10H,(H2,25,26)(H,28,30)(H,31,32). The molecule has 0 aliphatic heterocycles. The van der Waals surface area contributed by atoms with Crippen LogP contribution >= 0.6 is 0 Å². The van der Waals surface area contributed by atoms with E-state index in [4.69, 9.17) is 5.73 Å². The number of anilines is 2. The summed E-state index contributed by atoms with van der Waals surface area (Å²) in [5, 5.41) is 11.8.